The number of carboxylic acid groups (broad SMARTS) is 1. The maximum Gasteiger partial charge on any atom is 0.303 e. The lowest BCUT2D eigenvalue weighted by atomic mass is 10.2. The fraction of sp³-hybridized carbons (Fsp3) is 0.409. The van der Waals surface area contributed by atoms with Crippen molar-refractivity contribution in [1.29, 1.82) is 0 Å². The number of carboxylic acids is 1. The van der Waals surface area contributed by atoms with Crippen LogP contribution in [-0.2, 0) is 4.79 Å². The van der Waals surface area contributed by atoms with Crippen LogP contribution in [0.3, 0.4) is 0 Å². The van der Waals surface area contributed by atoms with Crippen LogP contribution in [0.2, 0.25) is 0 Å². The van der Waals surface area contributed by atoms with Crippen LogP contribution in [0.15, 0.2) is 72.9 Å². The summed E-state index contributed by atoms with van der Waals surface area (Å²) in [6.45, 7) is 2.15. The van der Waals surface area contributed by atoms with Crippen molar-refractivity contribution in [3.05, 3.63) is 72.9 Å². The molecule has 0 saturated carbocycles. The first kappa shape index (κ1) is 21.9. The summed E-state index contributed by atoms with van der Waals surface area (Å²) < 4.78 is 0. The second-order valence-electron chi connectivity index (χ2n) is 5.40. The van der Waals surface area contributed by atoms with E-state index in [1.54, 1.807) is 0 Å². The highest BCUT2D eigenvalue weighted by molar-refractivity contribution is 5.66. The van der Waals surface area contributed by atoms with Gasteiger partial charge in [0.1, 0.15) is 0 Å². The third-order valence-corrected chi connectivity index (χ3v) is 3.14. The van der Waals surface area contributed by atoms with Crippen LogP contribution in [0.25, 0.3) is 0 Å². The van der Waals surface area contributed by atoms with Gasteiger partial charge in [-0.15, -0.1) is 0 Å². The van der Waals surface area contributed by atoms with Crippen LogP contribution in [-0.4, -0.2) is 11.1 Å². The summed E-state index contributed by atoms with van der Waals surface area (Å²) >= 11 is 0. The van der Waals surface area contributed by atoms with Crippen molar-refractivity contribution >= 4 is 5.97 Å². The minimum Gasteiger partial charge on any atom is -0.481 e. The number of unbranched alkanes of at least 4 members (excludes halogenated alkanes) is 2. The second kappa shape index (κ2) is 19.0. The molecule has 0 saturated heterocycles. The summed E-state index contributed by atoms with van der Waals surface area (Å²) in [4.78, 5) is 10.3. The SMILES string of the molecule is CCC=CCC=CCC=CC=CCCC=CC=CCCCC(=O)O. The van der Waals surface area contributed by atoms with Gasteiger partial charge in [-0.1, -0.05) is 79.8 Å². The first-order valence-corrected chi connectivity index (χ1v) is 8.92. The summed E-state index contributed by atoms with van der Waals surface area (Å²) in [6.07, 6.45) is 32.4. The number of hydrogen-bond donors (Lipinski definition) is 1. The summed E-state index contributed by atoms with van der Waals surface area (Å²) in [7, 11) is 0. The lowest BCUT2D eigenvalue weighted by Gasteiger charge is -1.89. The molecule has 0 aromatic rings. The molecule has 0 aliphatic rings. The Hall–Kier alpha value is -2.09. The van der Waals surface area contributed by atoms with Gasteiger partial charge in [-0.25, -0.2) is 0 Å². The van der Waals surface area contributed by atoms with Crippen molar-refractivity contribution in [1.82, 2.24) is 0 Å². The van der Waals surface area contributed by atoms with Crippen molar-refractivity contribution in [2.45, 2.75) is 58.3 Å². The van der Waals surface area contributed by atoms with Crippen LogP contribution < -0.4 is 0 Å². The molecule has 0 aliphatic heterocycles. The molecule has 0 aliphatic carbocycles. The van der Waals surface area contributed by atoms with Crippen LogP contribution in [0.5, 0.6) is 0 Å². The first-order chi connectivity index (χ1) is 11.8. The first-order valence-electron chi connectivity index (χ1n) is 8.92. The average Bonchev–Trinajstić information content (AvgIpc) is 2.56. The summed E-state index contributed by atoms with van der Waals surface area (Å²) in [5, 5.41) is 8.50. The smallest absolute Gasteiger partial charge is 0.303 e. The zero-order valence-electron chi connectivity index (χ0n) is 14.9. The molecule has 2 nitrogen and oxygen atoms in total. The Labute approximate surface area is 147 Å². The van der Waals surface area contributed by atoms with E-state index in [9.17, 15) is 4.79 Å². The predicted octanol–water partition coefficient (Wildman–Crippen LogP) is 6.55. The van der Waals surface area contributed by atoms with Gasteiger partial charge in [0, 0.05) is 6.42 Å². The lowest BCUT2D eigenvalue weighted by molar-refractivity contribution is -0.137. The van der Waals surface area contributed by atoms with Gasteiger partial charge in [-0.2, -0.15) is 0 Å². The molecular formula is C22H32O2. The molecule has 24 heavy (non-hydrogen) atoms. The van der Waals surface area contributed by atoms with Gasteiger partial charge < -0.3 is 5.11 Å². The number of allylic oxidation sites excluding steroid dienone is 12. The Balaban J connectivity index is 3.52. The molecule has 0 spiro atoms. The highest BCUT2D eigenvalue weighted by atomic mass is 16.4. The zero-order chi connectivity index (χ0) is 17.7. The Morgan fingerprint density at radius 2 is 1.21 bits per heavy atom. The standard InChI is InChI=1S/C22H32O2/c1-2-3-4-5-6-7-8-9-10-11-12-13-14-15-16-17-18-19-20-21-22(23)24/h3-4,6-7,9-12,15-18H,2,5,8,13-14,19-21H2,1H3,(H,23,24). The maximum atomic E-state index is 10.3. The number of rotatable bonds is 14. The molecule has 0 bridgehead atoms. The molecule has 0 radical (unpaired) electrons. The van der Waals surface area contributed by atoms with E-state index in [1.165, 1.54) is 0 Å². The number of aliphatic carboxylic acids is 1. The number of hydrogen-bond acceptors (Lipinski definition) is 1. The van der Waals surface area contributed by atoms with E-state index in [0.717, 1.165) is 38.5 Å². The molecule has 0 amide bonds. The van der Waals surface area contributed by atoms with Crippen LogP contribution in [0, 0.1) is 0 Å². The van der Waals surface area contributed by atoms with E-state index in [1.807, 2.05) is 18.2 Å². The molecule has 0 aromatic heterocycles. The van der Waals surface area contributed by atoms with E-state index < -0.39 is 5.97 Å². The minimum absolute atomic E-state index is 0.248. The van der Waals surface area contributed by atoms with Crippen LogP contribution in [0.4, 0.5) is 0 Å². The zero-order valence-corrected chi connectivity index (χ0v) is 14.9. The monoisotopic (exact) mass is 328 g/mol. The molecule has 2 heteroatoms. The number of carbonyl (C=O) groups is 1. The van der Waals surface area contributed by atoms with Gasteiger partial charge in [0.25, 0.3) is 0 Å². The van der Waals surface area contributed by atoms with Gasteiger partial charge >= 0.3 is 5.97 Å². The van der Waals surface area contributed by atoms with E-state index in [-0.39, 0.29) is 6.42 Å². The molecule has 0 rings (SSSR count). The summed E-state index contributed by atoms with van der Waals surface area (Å²) in [5.74, 6) is -0.722. The van der Waals surface area contributed by atoms with Gasteiger partial charge in [0.2, 0.25) is 0 Å². The molecule has 132 valence electrons. The third-order valence-electron chi connectivity index (χ3n) is 3.14. The summed E-state index contributed by atoms with van der Waals surface area (Å²) in [6, 6.07) is 0. The lowest BCUT2D eigenvalue weighted by Crippen LogP contribution is -1.92. The topological polar surface area (TPSA) is 37.3 Å². The quantitative estimate of drug-likeness (QED) is 0.223. The highest BCUT2D eigenvalue weighted by Crippen LogP contribution is 1.98. The van der Waals surface area contributed by atoms with Gasteiger partial charge in [-0.3, -0.25) is 4.79 Å². The maximum absolute atomic E-state index is 10.3. The van der Waals surface area contributed by atoms with E-state index in [0.29, 0.717) is 6.42 Å². The van der Waals surface area contributed by atoms with Gasteiger partial charge in [0.05, 0.1) is 0 Å². The molecule has 0 heterocycles. The van der Waals surface area contributed by atoms with E-state index >= 15 is 0 Å². The van der Waals surface area contributed by atoms with E-state index in [4.69, 9.17) is 5.11 Å². The fourth-order valence-corrected chi connectivity index (χ4v) is 1.86. The Morgan fingerprint density at radius 1 is 0.708 bits per heavy atom. The third kappa shape index (κ3) is 19.9. The molecule has 1 N–H and O–H groups in total. The van der Waals surface area contributed by atoms with Crippen LogP contribution in [0.1, 0.15) is 58.3 Å². The van der Waals surface area contributed by atoms with Gasteiger partial charge in [0.15, 0.2) is 0 Å². The van der Waals surface area contributed by atoms with Crippen molar-refractivity contribution in [3.63, 3.8) is 0 Å². The van der Waals surface area contributed by atoms with Crippen molar-refractivity contribution in [3.8, 4) is 0 Å². The molecule has 0 unspecified atom stereocenters. The van der Waals surface area contributed by atoms with Crippen molar-refractivity contribution in [2.75, 3.05) is 0 Å². The van der Waals surface area contributed by atoms with Crippen molar-refractivity contribution in [2.24, 2.45) is 0 Å². The second-order valence-corrected chi connectivity index (χ2v) is 5.40. The Kier molecular flexibility index (Phi) is 17.3. The molecule has 0 atom stereocenters. The molecule has 0 fully saturated rings. The van der Waals surface area contributed by atoms with E-state index in [2.05, 4.69) is 61.6 Å². The minimum atomic E-state index is -0.722. The van der Waals surface area contributed by atoms with Crippen molar-refractivity contribution < 1.29 is 9.90 Å². The largest absolute Gasteiger partial charge is 0.481 e. The van der Waals surface area contributed by atoms with Crippen LogP contribution >= 0.6 is 0 Å². The highest BCUT2D eigenvalue weighted by Gasteiger charge is 1.92. The Morgan fingerprint density at radius 3 is 1.79 bits per heavy atom. The molecule has 0 aromatic carbocycles. The Bertz CT molecular complexity index is 462. The molecular weight excluding hydrogens is 296 g/mol. The summed E-state index contributed by atoms with van der Waals surface area (Å²) in [5.41, 5.74) is 0. The normalized spacial score (nSPS) is 13.0. The van der Waals surface area contributed by atoms with Gasteiger partial charge in [-0.05, 0) is 44.9 Å². The fourth-order valence-electron chi connectivity index (χ4n) is 1.86. The average molecular weight is 328 g/mol. The predicted molar refractivity (Wildman–Crippen MR) is 105 cm³/mol.